The van der Waals surface area contributed by atoms with Gasteiger partial charge in [-0.2, -0.15) is 5.10 Å². The molecular weight excluding hydrogens is 404 g/mol. The van der Waals surface area contributed by atoms with Crippen LogP contribution < -0.4 is 23.9 Å². The highest BCUT2D eigenvalue weighted by atomic mass is 16.5. The zero-order chi connectivity index (χ0) is 22.8. The number of hydrogen-bond donors (Lipinski definition) is 0. The molecule has 32 heavy (non-hydrogen) atoms. The van der Waals surface area contributed by atoms with Gasteiger partial charge in [0.05, 0.1) is 32.1 Å². The normalized spacial score (nSPS) is 14.1. The lowest BCUT2D eigenvalue weighted by Gasteiger charge is -2.31. The Kier molecular flexibility index (Phi) is 9.16. The van der Waals surface area contributed by atoms with Crippen LogP contribution in [0.15, 0.2) is 41.6 Å². The van der Waals surface area contributed by atoms with E-state index in [1.54, 1.807) is 0 Å². The summed E-state index contributed by atoms with van der Waals surface area (Å²) in [5, 5.41) is 6.55. The number of aryl methyl sites for hydroxylation is 1. The first kappa shape index (κ1) is 23.9. The average molecular weight is 442 g/mol. The number of pyridine rings is 1. The van der Waals surface area contributed by atoms with Crippen molar-refractivity contribution < 1.29 is 18.8 Å². The van der Waals surface area contributed by atoms with E-state index < -0.39 is 0 Å². The minimum atomic E-state index is 0.666. The number of morpholine rings is 1. The minimum absolute atomic E-state index is 0.666. The van der Waals surface area contributed by atoms with Crippen LogP contribution in [0.25, 0.3) is 0 Å². The van der Waals surface area contributed by atoms with E-state index in [0.717, 1.165) is 74.1 Å². The van der Waals surface area contributed by atoms with Gasteiger partial charge in [-0.3, -0.25) is 5.01 Å². The molecule has 0 aliphatic carbocycles. The number of ether oxygens (including phenoxy) is 3. The van der Waals surface area contributed by atoms with E-state index in [0.29, 0.717) is 13.2 Å². The van der Waals surface area contributed by atoms with Crippen LogP contribution in [0.5, 0.6) is 11.5 Å². The number of aromatic nitrogens is 1. The summed E-state index contributed by atoms with van der Waals surface area (Å²) in [5.41, 5.74) is 2.96. The fourth-order valence-electron chi connectivity index (χ4n) is 3.49. The molecule has 2 aromatic rings. The van der Waals surface area contributed by atoms with Gasteiger partial charge in [0.15, 0.2) is 6.20 Å². The van der Waals surface area contributed by atoms with Crippen molar-refractivity contribution in [1.82, 2.24) is 0 Å². The quantitative estimate of drug-likeness (QED) is 0.230. The maximum Gasteiger partial charge on any atom is 0.225 e. The SMILES string of the molecule is CCCCOc1cc(N2CCOCC2)c(OCCC)cc1N(C)/N=C/c1cccc[n+]1C. The first-order chi connectivity index (χ1) is 15.6. The highest BCUT2D eigenvalue weighted by molar-refractivity contribution is 5.78. The molecule has 0 atom stereocenters. The Bertz CT molecular complexity index is 881. The van der Waals surface area contributed by atoms with Gasteiger partial charge in [-0.1, -0.05) is 20.3 Å². The van der Waals surface area contributed by atoms with Gasteiger partial charge in [0, 0.05) is 44.4 Å². The zero-order valence-electron chi connectivity index (χ0n) is 19.9. The molecule has 0 N–H and O–H groups in total. The van der Waals surface area contributed by atoms with E-state index in [-0.39, 0.29) is 0 Å². The number of hydrogen-bond acceptors (Lipinski definition) is 6. The van der Waals surface area contributed by atoms with Gasteiger partial charge in [0.2, 0.25) is 5.69 Å². The molecule has 1 aromatic heterocycles. The maximum absolute atomic E-state index is 6.23. The van der Waals surface area contributed by atoms with Crippen molar-refractivity contribution >= 4 is 17.6 Å². The van der Waals surface area contributed by atoms with Crippen LogP contribution in [0.3, 0.4) is 0 Å². The molecule has 1 aliphatic heterocycles. The molecule has 0 unspecified atom stereocenters. The van der Waals surface area contributed by atoms with Crippen molar-refractivity contribution in [3.63, 3.8) is 0 Å². The molecule has 0 amide bonds. The number of rotatable bonds is 11. The molecule has 3 rings (SSSR count). The van der Waals surface area contributed by atoms with Gasteiger partial charge in [-0.05, 0) is 18.9 Å². The molecular formula is C25H37N4O3+. The second-order valence-corrected chi connectivity index (χ2v) is 7.94. The highest BCUT2D eigenvalue weighted by Crippen LogP contribution is 2.41. The molecule has 0 saturated carbocycles. The lowest BCUT2D eigenvalue weighted by molar-refractivity contribution is -0.672. The van der Waals surface area contributed by atoms with E-state index in [1.165, 1.54) is 0 Å². The molecule has 0 bridgehead atoms. The number of anilines is 2. The number of nitrogens with zero attached hydrogens (tertiary/aromatic N) is 4. The number of benzene rings is 1. The Balaban J connectivity index is 1.96. The Morgan fingerprint density at radius 2 is 1.88 bits per heavy atom. The molecule has 0 spiro atoms. The fourth-order valence-corrected chi connectivity index (χ4v) is 3.49. The van der Waals surface area contributed by atoms with Crippen molar-refractivity contribution in [2.45, 2.75) is 33.1 Å². The summed E-state index contributed by atoms with van der Waals surface area (Å²) in [6.45, 7) is 8.75. The Morgan fingerprint density at radius 1 is 1.09 bits per heavy atom. The van der Waals surface area contributed by atoms with Gasteiger partial charge in [-0.25, -0.2) is 4.57 Å². The molecule has 1 saturated heterocycles. The van der Waals surface area contributed by atoms with Crippen LogP contribution in [0.4, 0.5) is 11.4 Å². The van der Waals surface area contributed by atoms with Gasteiger partial charge in [0.1, 0.15) is 30.4 Å². The maximum atomic E-state index is 6.23. The van der Waals surface area contributed by atoms with Crippen LogP contribution in [0.1, 0.15) is 38.8 Å². The number of hydrazone groups is 1. The smallest absolute Gasteiger partial charge is 0.225 e. The lowest BCUT2D eigenvalue weighted by atomic mass is 10.2. The summed E-state index contributed by atoms with van der Waals surface area (Å²) in [6.07, 6.45) is 6.91. The summed E-state index contributed by atoms with van der Waals surface area (Å²) in [7, 11) is 3.95. The minimum Gasteiger partial charge on any atom is -0.491 e. The summed E-state index contributed by atoms with van der Waals surface area (Å²) < 4.78 is 20.0. The van der Waals surface area contributed by atoms with Crippen molar-refractivity contribution in [3.05, 3.63) is 42.2 Å². The van der Waals surface area contributed by atoms with Gasteiger partial charge < -0.3 is 19.1 Å². The Morgan fingerprint density at radius 3 is 2.59 bits per heavy atom. The highest BCUT2D eigenvalue weighted by Gasteiger charge is 2.21. The van der Waals surface area contributed by atoms with Crippen molar-refractivity contribution in [2.24, 2.45) is 12.1 Å². The van der Waals surface area contributed by atoms with Crippen molar-refractivity contribution in [2.75, 3.05) is 56.5 Å². The van der Waals surface area contributed by atoms with Crippen LogP contribution >= 0.6 is 0 Å². The molecule has 1 aliphatic rings. The largest absolute Gasteiger partial charge is 0.491 e. The van der Waals surface area contributed by atoms with E-state index in [4.69, 9.17) is 19.3 Å². The van der Waals surface area contributed by atoms with E-state index in [9.17, 15) is 0 Å². The summed E-state index contributed by atoms with van der Waals surface area (Å²) in [6, 6.07) is 10.2. The molecule has 0 radical (unpaired) electrons. The second kappa shape index (κ2) is 12.3. The monoisotopic (exact) mass is 441 g/mol. The molecule has 1 fully saturated rings. The third-order valence-corrected chi connectivity index (χ3v) is 5.42. The third kappa shape index (κ3) is 6.36. The van der Waals surface area contributed by atoms with Crippen LogP contribution in [0, 0.1) is 0 Å². The second-order valence-electron chi connectivity index (χ2n) is 7.94. The molecule has 7 nitrogen and oxygen atoms in total. The number of unbranched alkanes of at least 4 members (excludes halogenated alkanes) is 1. The average Bonchev–Trinajstić information content (AvgIpc) is 2.83. The first-order valence-electron chi connectivity index (χ1n) is 11.6. The van der Waals surface area contributed by atoms with Crippen LogP contribution in [0.2, 0.25) is 0 Å². The molecule has 7 heteroatoms. The third-order valence-electron chi connectivity index (χ3n) is 5.42. The Labute approximate surface area is 192 Å². The van der Waals surface area contributed by atoms with Gasteiger partial charge >= 0.3 is 0 Å². The topological polar surface area (TPSA) is 50.4 Å². The van der Waals surface area contributed by atoms with Crippen molar-refractivity contribution in [1.29, 1.82) is 0 Å². The zero-order valence-corrected chi connectivity index (χ0v) is 19.9. The summed E-state index contributed by atoms with van der Waals surface area (Å²) in [5.74, 6) is 1.68. The molecule has 1 aromatic carbocycles. The van der Waals surface area contributed by atoms with Gasteiger partial charge in [-0.15, -0.1) is 0 Å². The summed E-state index contributed by atoms with van der Waals surface area (Å²) in [4.78, 5) is 2.32. The standard InChI is InChI=1S/C25H37N4O3/c1-5-7-15-32-24-19-23(29-12-16-30-17-13-29)25(31-14-6-2)18-22(24)28(4)26-20-21-10-8-9-11-27(21)3/h8-11,18-20H,5-7,12-17H2,1-4H3/q+1. The van der Waals surface area contributed by atoms with E-state index in [1.807, 2.05) is 54.3 Å². The van der Waals surface area contributed by atoms with E-state index >= 15 is 0 Å². The lowest BCUT2D eigenvalue weighted by Crippen LogP contribution is -2.36. The predicted molar refractivity (Wildman–Crippen MR) is 129 cm³/mol. The predicted octanol–water partition coefficient (Wildman–Crippen LogP) is 3.79. The molecule has 2 heterocycles. The Hall–Kier alpha value is -2.80. The molecule has 174 valence electrons. The van der Waals surface area contributed by atoms with Crippen LogP contribution in [-0.2, 0) is 11.8 Å². The van der Waals surface area contributed by atoms with Crippen molar-refractivity contribution in [3.8, 4) is 11.5 Å². The van der Waals surface area contributed by atoms with E-state index in [2.05, 4.69) is 30.9 Å². The fraction of sp³-hybridized carbons (Fsp3) is 0.520. The summed E-state index contributed by atoms with van der Waals surface area (Å²) >= 11 is 0. The van der Waals surface area contributed by atoms with Gasteiger partial charge in [0.25, 0.3) is 0 Å². The first-order valence-corrected chi connectivity index (χ1v) is 11.6. The van der Waals surface area contributed by atoms with Crippen LogP contribution in [-0.4, -0.2) is 52.8 Å².